The molecule has 30 heavy (non-hydrogen) atoms. The Balaban J connectivity index is 2.38. The summed E-state index contributed by atoms with van der Waals surface area (Å²) < 4.78 is 31.2. The number of carbonyl (C=O) groups is 2. The summed E-state index contributed by atoms with van der Waals surface area (Å²) in [5.74, 6) is -1.00. The molecule has 0 heterocycles. The van der Waals surface area contributed by atoms with E-state index in [2.05, 4.69) is 5.32 Å². The molecule has 0 fully saturated rings. The van der Waals surface area contributed by atoms with Gasteiger partial charge in [0.05, 0.1) is 24.1 Å². The Morgan fingerprint density at radius 2 is 1.70 bits per heavy atom. The summed E-state index contributed by atoms with van der Waals surface area (Å²) in [5, 5.41) is 2.75. The highest BCUT2D eigenvalue weighted by molar-refractivity contribution is 7.92. The number of benzene rings is 2. The lowest BCUT2D eigenvalue weighted by atomic mass is 10.1. The van der Waals surface area contributed by atoms with Gasteiger partial charge in [-0.1, -0.05) is 18.2 Å². The molecule has 2 rings (SSSR count). The van der Waals surface area contributed by atoms with Gasteiger partial charge in [0.25, 0.3) is 0 Å². The molecule has 0 saturated heterocycles. The van der Waals surface area contributed by atoms with Crippen LogP contribution in [0.1, 0.15) is 40.9 Å². The molecular weight excluding hydrogens is 404 g/mol. The lowest BCUT2D eigenvalue weighted by molar-refractivity contribution is -0.116. The van der Waals surface area contributed by atoms with Gasteiger partial charge in [0, 0.05) is 5.69 Å². The van der Waals surface area contributed by atoms with Gasteiger partial charge in [-0.3, -0.25) is 9.10 Å². The number of carbonyl (C=O) groups excluding carboxylic acids is 2. The summed E-state index contributed by atoms with van der Waals surface area (Å²) in [5.41, 5.74) is 3.55. The highest BCUT2D eigenvalue weighted by Crippen LogP contribution is 2.27. The minimum absolute atomic E-state index is 0.241. The van der Waals surface area contributed by atoms with E-state index in [1.54, 1.807) is 39.0 Å². The zero-order valence-corrected chi connectivity index (χ0v) is 19.0. The van der Waals surface area contributed by atoms with Crippen LogP contribution in [0.2, 0.25) is 0 Å². The molecular formula is C22H28N2O5S. The van der Waals surface area contributed by atoms with Crippen LogP contribution in [0, 0.1) is 20.8 Å². The monoisotopic (exact) mass is 432 g/mol. The van der Waals surface area contributed by atoms with Crippen LogP contribution in [0.25, 0.3) is 0 Å². The first-order chi connectivity index (χ1) is 14.0. The Morgan fingerprint density at radius 3 is 2.30 bits per heavy atom. The topological polar surface area (TPSA) is 92.8 Å². The standard InChI is InChI=1S/C22H28N2O5S/c1-7-29-22(26)18-11-10-15(3)19(13-18)23-21(25)17(5)24(30(6,27)28)20-12-14(2)8-9-16(20)4/h8-13,17H,7H2,1-6H3,(H,23,25)/t17-/m0/s1. The third kappa shape index (κ3) is 5.38. The molecule has 0 radical (unpaired) electrons. The van der Waals surface area contributed by atoms with E-state index < -0.39 is 27.9 Å². The van der Waals surface area contributed by atoms with Crippen molar-refractivity contribution in [2.75, 3.05) is 22.5 Å². The number of nitrogens with one attached hydrogen (secondary N) is 1. The van der Waals surface area contributed by atoms with E-state index in [0.717, 1.165) is 27.3 Å². The zero-order chi connectivity index (χ0) is 22.6. The number of hydrogen-bond donors (Lipinski definition) is 1. The Labute approximate surface area is 178 Å². The molecule has 0 aliphatic rings. The van der Waals surface area contributed by atoms with Crippen molar-refractivity contribution < 1.29 is 22.7 Å². The van der Waals surface area contributed by atoms with E-state index in [4.69, 9.17) is 4.74 Å². The van der Waals surface area contributed by atoms with Crippen LogP contribution in [0.5, 0.6) is 0 Å². The molecule has 0 unspecified atom stereocenters. The maximum atomic E-state index is 13.0. The van der Waals surface area contributed by atoms with Gasteiger partial charge >= 0.3 is 5.97 Å². The predicted octanol–water partition coefficient (Wildman–Crippen LogP) is 3.58. The van der Waals surface area contributed by atoms with Gasteiger partial charge in [-0.05, 0) is 69.5 Å². The lowest BCUT2D eigenvalue weighted by Crippen LogP contribution is -2.45. The van der Waals surface area contributed by atoms with Gasteiger partial charge in [-0.25, -0.2) is 13.2 Å². The zero-order valence-electron chi connectivity index (χ0n) is 18.1. The number of anilines is 2. The molecule has 1 amide bonds. The highest BCUT2D eigenvalue weighted by atomic mass is 32.2. The van der Waals surface area contributed by atoms with Crippen LogP contribution in [0.15, 0.2) is 36.4 Å². The van der Waals surface area contributed by atoms with Gasteiger partial charge in [-0.15, -0.1) is 0 Å². The number of sulfonamides is 1. The molecule has 2 aromatic carbocycles. The van der Waals surface area contributed by atoms with Crippen LogP contribution in [-0.2, 0) is 19.6 Å². The van der Waals surface area contributed by atoms with E-state index in [1.807, 2.05) is 19.1 Å². The van der Waals surface area contributed by atoms with E-state index in [-0.39, 0.29) is 6.61 Å². The fraction of sp³-hybridized carbons (Fsp3) is 0.364. The SMILES string of the molecule is CCOC(=O)c1ccc(C)c(NC(=O)[C@H](C)N(c2cc(C)ccc2C)S(C)(=O)=O)c1. The maximum absolute atomic E-state index is 13.0. The Hall–Kier alpha value is -2.87. The van der Waals surface area contributed by atoms with Gasteiger partial charge in [-0.2, -0.15) is 0 Å². The molecule has 0 bridgehead atoms. The number of aryl methyl sites for hydroxylation is 3. The second-order valence-electron chi connectivity index (χ2n) is 7.26. The summed E-state index contributed by atoms with van der Waals surface area (Å²) in [6.45, 7) is 8.92. The Kier molecular flexibility index (Phi) is 7.25. The van der Waals surface area contributed by atoms with Crippen molar-refractivity contribution in [2.45, 2.75) is 40.7 Å². The summed E-state index contributed by atoms with van der Waals surface area (Å²) in [6, 6.07) is 9.28. The molecule has 1 N–H and O–H groups in total. The van der Waals surface area contributed by atoms with Gasteiger partial charge < -0.3 is 10.1 Å². The first kappa shape index (κ1) is 23.4. The minimum Gasteiger partial charge on any atom is -0.462 e. The summed E-state index contributed by atoms with van der Waals surface area (Å²) >= 11 is 0. The average molecular weight is 433 g/mol. The Morgan fingerprint density at radius 1 is 1.07 bits per heavy atom. The van der Waals surface area contributed by atoms with Crippen molar-refractivity contribution in [3.05, 3.63) is 58.7 Å². The summed E-state index contributed by atoms with van der Waals surface area (Å²) in [4.78, 5) is 25.0. The molecule has 7 nitrogen and oxygen atoms in total. The van der Waals surface area contributed by atoms with E-state index >= 15 is 0 Å². The second kappa shape index (κ2) is 9.30. The van der Waals surface area contributed by atoms with E-state index in [0.29, 0.717) is 16.9 Å². The number of hydrogen-bond acceptors (Lipinski definition) is 5. The molecule has 0 aromatic heterocycles. The molecule has 8 heteroatoms. The minimum atomic E-state index is -3.73. The quantitative estimate of drug-likeness (QED) is 0.675. The molecule has 0 spiro atoms. The Bertz CT molecular complexity index is 1060. The van der Waals surface area contributed by atoms with Crippen molar-refractivity contribution in [3.63, 3.8) is 0 Å². The fourth-order valence-electron chi connectivity index (χ4n) is 3.07. The third-order valence-corrected chi connectivity index (χ3v) is 5.92. The van der Waals surface area contributed by atoms with Crippen molar-refractivity contribution in [3.8, 4) is 0 Å². The predicted molar refractivity (Wildman–Crippen MR) is 118 cm³/mol. The maximum Gasteiger partial charge on any atom is 0.338 e. The normalized spacial score (nSPS) is 12.2. The summed E-state index contributed by atoms with van der Waals surface area (Å²) in [7, 11) is -3.73. The van der Waals surface area contributed by atoms with Gasteiger partial charge in [0.15, 0.2) is 0 Å². The molecule has 162 valence electrons. The molecule has 0 aliphatic carbocycles. The molecule has 1 atom stereocenters. The molecule has 0 saturated carbocycles. The van der Waals surface area contributed by atoms with Crippen molar-refractivity contribution in [1.29, 1.82) is 0 Å². The molecule has 2 aromatic rings. The van der Waals surface area contributed by atoms with Crippen LogP contribution in [0.3, 0.4) is 0 Å². The van der Waals surface area contributed by atoms with Gasteiger partial charge in [0.1, 0.15) is 6.04 Å². The van der Waals surface area contributed by atoms with Crippen molar-refractivity contribution in [1.82, 2.24) is 0 Å². The third-order valence-electron chi connectivity index (χ3n) is 4.70. The smallest absolute Gasteiger partial charge is 0.338 e. The van der Waals surface area contributed by atoms with Crippen LogP contribution < -0.4 is 9.62 Å². The van der Waals surface area contributed by atoms with E-state index in [9.17, 15) is 18.0 Å². The van der Waals surface area contributed by atoms with Gasteiger partial charge in [0.2, 0.25) is 15.9 Å². The molecule has 0 aliphatic heterocycles. The highest BCUT2D eigenvalue weighted by Gasteiger charge is 2.30. The lowest BCUT2D eigenvalue weighted by Gasteiger charge is -2.30. The average Bonchev–Trinajstić information content (AvgIpc) is 2.65. The van der Waals surface area contributed by atoms with E-state index in [1.165, 1.54) is 13.0 Å². The fourth-order valence-corrected chi connectivity index (χ4v) is 4.30. The second-order valence-corrected chi connectivity index (χ2v) is 9.12. The van der Waals surface area contributed by atoms with Crippen LogP contribution in [-0.4, -0.2) is 39.2 Å². The first-order valence-electron chi connectivity index (χ1n) is 9.61. The number of nitrogens with zero attached hydrogens (tertiary/aromatic N) is 1. The van der Waals surface area contributed by atoms with Crippen molar-refractivity contribution in [2.24, 2.45) is 0 Å². The van der Waals surface area contributed by atoms with Crippen LogP contribution >= 0.6 is 0 Å². The number of rotatable bonds is 7. The van der Waals surface area contributed by atoms with Crippen molar-refractivity contribution >= 4 is 33.3 Å². The number of ether oxygens (including phenoxy) is 1. The van der Waals surface area contributed by atoms with Crippen LogP contribution in [0.4, 0.5) is 11.4 Å². The number of amides is 1. The first-order valence-corrected chi connectivity index (χ1v) is 11.5. The number of esters is 1. The summed E-state index contributed by atoms with van der Waals surface area (Å²) in [6.07, 6.45) is 1.07. The largest absolute Gasteiger partial charge is 0.462 e.